The lowest BCUT2D eigenvalue weighted by Crippen LogP contribution is -2.14. The van der Waals surface area contributed by atoms with Gasteiger partial charge in [-0.25, -0.2) is 9.97 Å². The summed E-state index contributed by atoms with van der Waals surface area (Å²) in [5.74, 6) is 2.35. The zero-order valence-electron chi connectivity index (χ0n) is 18.1. The molecule has 5 nitrogen and oxygen atoms in total. The number of thiophene rings is 1. The lowest BCUT2D eigenvalue weighted by Gasteiger charge is -2.22. The Bertz CT molecular complexity index is 1160. The van der Waals surface area contributed by atoms with Gasteiger partial charge in [0.25, 0.3) is 0 Å². The number of aliphatic imine (C=N–C) groups is 1. The second-order valence-corrected chi connectivity index (χ2v) is 10.3. The molecular formula is C25H28N4OS. The molecule has 1 aliphatic heterocycles. The second kappa shape index (κ2) is 8.50. The zero-order valence-corrected chi connectivity index (χ0v) is 19.0. The highest BCUT2D eigenvalue weighted by Gasteiger charge is 2.25. The first-order valence-electron chi connectivity index (χ1n) is 11.2. The van der Waals surface area contributed by atoms with Gasteiger partial charge in [-0.1, -0.05) is 19.9 Å². The molecule has 0 fully saturated rings. The Kier molecular flexibility index (Phi) is 5.57. The molecule has 5 rings (SSSR count). The Balaban J connectivity index is 1.35. The predicted octanol–water partition coefficient (Wildman–Crippen LogP) is 5.87. The molecular weight excluding hydrogens is 404 g/mol. The SMILES string of the molecule is CC(C)CC(=O)CCC1CCc2c(sc3ncnc(Nc4ccc5c(c4)C=NC5)c23)C1. The van der Waals surface area contributed by atoms with Crippen molar-refractivity contribution in [2.75, 3.05) is 5.32 Å². The minimum atomic E-state index is 0.411. The van der Waals surface area contributed by atoms with Crippen molar-refractivity contribution >= 4 is 45.1 Å². The van der Waals surface area contributed by atoms with Crippen molar-refractivity contribution in [2.45, 2.75) is 58.9 Å². The first-order chi connectivity index (χ1) is 15.1. The number of carbonyl (C=O) groups excluding carboxylic acids is 1. The van der Waals surface area contributed by atoms with Crippen molar-refractivity contribution in [2.24, 2.45) is 16.8 Å². The van der Waals surface area contributed by atoms with Crippen LogP contribution in [0.15, 0.2) is 29.5 Å². The molecule has 2 aromatic heterocycles. The van der Waals surface area contributed by atoms with Crippen molar-refractivity contribution in [3.8, 4) is 0 Å². The highest BCUT2D eigenvalue weighted by atomic mass is 32.1. The monoisotopic (exact) mass is 432 g/mol. The molecule has 0 amide bonds. The number of nitrogens with zero attached hydrogens (tertiary/aromatic N) is 3. The zero-order chi connectivity index (χ0) is 21.4. The van der Waals surface area contributed by atoms with Crippen LogP contribution in [0.4, 0.5) is 11.5 Å². The Hall–Kier alpha value is -2.60. The van der Waals surface area contributed by atoms with E-state index in [1.54, 1.807) is 17.7 Å². The summed E-state index contributed by atoms with van der Waals surface area (Å²) in [6.07, 6.45) is 9.26. The van der Waals surface area contributed by atoms with E-state index in [-0.39, 0.29) is 0 Å². The number of Topliss-reactive ketones (excluding diaryl/α,β-unsaturated/α-hetero) is 1. The molecule has 1 N–H and O–H groups in total. The maximum absolute atomic E-state index is 12.1. The van der Waals surface area contributed by atoms with Crippen molar-refractivity contribution in [1.29, 1.82) is 0 Å². The van der Waals surface area contributed by atoms with Crippen LogP contribution < -0.4 is 5.32 Å². The fourth-order valence-corrected chi connectivity index (χ4v) is 6.06. The van der Waals surface area contributed by atoms with Gasteiger partial charge >= 0.3 is 0 Å². The predicted molar refractivity (Wildman–Crippen MR) is 128 cm³/mol. The number of aryl methyl sites for hydroxylation is 1. The molecule has 0 bridgehead atoms. The summed E-state index contributed by atoms with van der Waals surface area (Å²) in [5, 5.41) is 4.70. The lowest BCUT2D eigenvalue weighted by molar-refractivity contribution is -0.120. The van der Waals surface area contributed by atoms with Crippen molar-refractivity contribution in [3.05, 3.63) is 46.1 Å². The molecule has 2 aliphatic rings. The van der Waals surface area contributed by atoms with Gasteiger partial charge in [0.1, 0.15) is 22.8 Å². The largest absolute Gasteiger partial charge is 0.340 e. The number of rotatable bonds is 7. The molecule has 1 aromatic carbocycles. The summed E-state index contributed by atoms with van der Waals surface area (Å²) in [7, 11) is 0. The third-order valence-electron chi connectivity index (χ3n) is 6.32. The lowest BCUT2D eigenvalue weighted by atomic mass is 9.84. The van der Waals surface area contributed by atoms with E-state index in [0.29, 0.717) is 24.0 Å². The summed E-state index contributed by atoms with van der Waals surface area (Å²) >= 11 is 1.80. The van der Waals surface area contributed by atoms with Gasteiger partial charge in [-0.05, 0) is 66.3 Å². The van der Waals surface area contributed by atoms with E-state index in [0.717, 1.165) is 55.0 Å². The van der Waals surface area contributed by atoms with E-state index in [4.69, 9.17) is 0 Å². The Labute approximate surface area is 187 Å². The molecule has 0 radical (unpaired) electrons. The summed E-state index contributed by atoms with van der Waals surface area (Å²) < 4.78 is 0. The van der Waals surface area contributed by atoms with Crippen LogP contribution in [0.2, 0.25) is 0 Å². The molecule has 160 valence electrons. The van der Waals surface area contributed by atoms with Gasteiger partial charge in [0.15, 0.2) is 0 Å². The van der Waals surface area contributed by atoms with Gasteiger partial charge in [0.05, 0.1) is 11.9 Å². The van der Waals surface area contributed by atoms with E-state index in [1.165, 1.54) is 27.0 Å². The number of nitrogens with one attached hydrogen (secondary N) is 1. The smallest absolute Gasteiger partial charge is 0.142 e. The average Bonchev–Trinajstić information content (AvgIpc) is 3.35. The third kappa shape index (κ3) is 4.26. The molecule has 3 aromatic rings. The first kappa shape index (κ1) is 20.3. The molecule has 1 unspecified atom stereocenters. The maximum Gasteiger partial charge on any atom is 0.142 e. The maximum atomic E-state index is 12.1. The minimum absolute atomic E-state index is 0.411. The van der Waals surface area contributed by atoms with E-state index >= 15 is 0 Å². The van der Waals surface area contributed by atoms with Crippen molar-refractivity contribution < 1.29 is 4.79 Å². The van der Waals surface area contributed by atoms with E-state index < -0.39 is 0 Å². The van der Waals surface area contributed by atoms with Gasteiger partial charge in [0, 0.05) is 29.6 Å². The fourth-order valence-electron chi connectivity index (χ4n) is 4.76. The molecule has 31 heavy (non-hydrogen) atoms. The molecule has 0 spiro atoms. The van der Waals surface area contributed by atoms with Crippen LogP contribution in [-0.4, -0.2) is 22.0 Å². The first-order valence-corrected chi connectivity index (χ1v) is 12.0. The highest BCUT2D eigenvalue weighted by Crippen LogP contribution is 2.41. The Morgan fingerprint density at radius 2 is 2.19 bits per heavy atom. The number of anilines is 2. The summed E-state index contributed by atoms with van der Waals surface area (Å²) in [6, 6.07) is 6.38. The molecule has 0 saturated heterocycles. The van der Waals surface area contributed by atoms with Crippen LogP contribution in [0.5, 0.6) is 0 Å². The van der Waals surface area contributed by atoms with Gasteiger partial charge in [-0.2, -0.15) is 0 Å². The van der Waals surface area contributed by atoms with Gasteiger partial charge < -0.3 is 5.32 Å². The number of carbonyl (C=O) groups is 1. The third-order valence-corrected chi connectivity index (χ3v) is 7.48. The van der Waals surface area contributed by atoms with E-state index in [1.807, 2.05) is 6.21 Å². The number of aromatic nitrogens is 2. The quantitative estimate of drug-likeness (QED) is 0.507. The summed E-state index contributed by atoms with van der Waals surface area (Å²) in [5.41, 5.74) is 4.88. The van der Waals surface area contributed by atoms with Crippen LogP contribution in [0, 0.1) is 11.8 Å². The minimum Gasteiger partial charge on any atom is -0.340 e. The molecule has 6 heteroatoms. The van der Waals surface area contributed by atoms with Crippen molar-refractivity contribution in [1.82, 2.24) is 9.97 Å². The second-order valence-electron chi connectivity index (χ2n) is 9.20. The van der Waals surface area contributed by atoms with Crippen LogP contribution >= 0.6 is 11.3 Å². The molecule has 3 heterocycles. The molecule has 1 atom stereocenters. The number of hydrogen-bond donors (Lipinski definition) is 1. The topological polar surface area (TPSA) is 67.2 Å². The van der Waals surface area contributed by atoms with Crippen molar-refractivity contribution in [3.63, 3.8) is 0 Å². The standard InChI is InChI=1S/C25H28N4OS/c1-15(2)9-20(30)7-3-16-4-8-21-22(10-16)31-25-23(21)24(27-14-28-25)29-19-6-5-17-12-26-13-18(17)11-19/h5-6,11,13-16H,3-4,7-10,12H2,1-2H3,(H,27,28,29). The van der Waals surface area contributed by atoms with E-state index in [2.05, 4.69) is 52.3 Å². The van der Waals surface area contributed by atoms with Gasteiger partial charge in [-0.15, -0.1) is 11.3 Å². The number of fused-ring (bicyclic) bond motifs is 4. The number of hydrogen-bond acceptors (Lipinski definition) is 6. The Morgan fingerprint density at radius 1 is 1.29 bits per heavy atom. The van der Waals surface area contributed by atoms with Crippen LogP contribution in [0.3, 0.4) is 0 Å². The van der Waals surface area contributed by atoms with Crippen LogP contribution in [0.1, 0.15) is 61.1 Å². The number of benzene rings is 1. The summed E-state index contributed by atoms with van der Waals surface area (Å²) in [6.45, 7) is 5.01. The average molecular weight is 433 g/mol. The highest BCUT2D eigenvalue weighted by molar-refractivity contribution is 7.19. The van der Waals surface area contributed by atoms with Crippen LogP contribution in [0.25, 0.3) is 10.2 Å². The van der Waals surface area contributed by atoms with Crippen LogP contribution in [-0.2, 0) is 24.2 Å². The Morgan fingerprint density at radius 3 is 3.06 bits per heavy atom. The van der Waals surface area contributed by atoms with Gasteiger partial charge in [-0.3, -0.25) is 9.79 Å². The normalized spacial score (nSPS) is 17.2. The van der Waals surface area contributed by atoms with E-state index in [9.17, 15) is 4.79 Å². The van der Waals surface area contributed by atoms with Gasteiger partial charge in [0.2, 0.25) is 0 Å². The number of ketones is 1. The molecule has 0 saturated carbocycles. The fraction of sp³-hybridized carbons (Fsp3) is 0.440. The summed E-state index contributed by atoms with van der Waals surface area (Å²) in [4.78, 5) is 28.1. The molecule has 1 aliphatic carbocycles.